The maximum Gasteiger partial charge on any atom is 0.415 e. The molecule has 2 saturated heterocycles. The highest BCUT2D eigenvalue weighted by molar-refractivity contribution is 7.09. The quantitative estimate of drug-likeness (QED) is 0.292. The first-order valence-corrected chi connectivity index (χ1v) is 14.7. The number of nitrogens with one attached hydrogen (secondary N) is 1. The Bertz CT molecular complexity index is 1670. The van der Waals surface area contributed by atoms with E-state index in [1.807, 2.05) is 42.6 Å². The molecule has 4 aromatic rings. The van der Waals surface area contributed by atoms with Crippen molar-refractivity contribution in [1.82, 2.24) is 30.4 Å². The average Bonchev–Trinajstić information content (AvgIpc) is 3.80. The van der Waals surface area contributed by atoms with Crippen LogP contribution in [0.15, 0.2) is 52.3 Å². The van der Waals surface area contributed by atoms with E-state index >= 15 is 0 Å². The summed E-state index contributed by atoms with van der Waals surface area (Å²) in [4.78, 5) is 50.5. The number of benzene rings is 1. The Hall–Kier alpha value is -4.85. The van der Waals surface area contributed by atoms with Crippen molar-refractivity contribution in [1.29, 1.82) is 0 Å². The molecule has 2 fully saturated rings. The molecule has 13 nitrogen and oxygen atoms in total. The molecule has 5 heterocycles. The number of aryl methyl sites for hydroxylation is 1. The molecule has 0 bridgehead atoms. The van der Waals surface area contributed by atoms with Crippen LogP contribution in [0.5, 0.6) is 0 Å². The number of likely N-dealkylation sites (tertiary alicyclic amines) is 1. The molecular formula is C29H29N7O6S. The number of cyclic esters (lactones) is 1. The van der Waals surface area contributed by atoms with Gasteiger partial charge in [0.1, 0.15) is 28.7 Å². The van der Waals surface area contributed by atoms with Gasteiger partial charge in [0.2, 0.25) is 5.89 Å². The Labute approximate surface area is 250 Å². The van der Waals surface area contributed by atoms with Gasteiger partial charge in [0.25, 0.3) is 11.8 Å². The number of rotatable bonds is 8. The molecular weight excluding hydrogens is 574 g/mol. The Balaban J connectivity index is 1.37. The number of ether oxygens (including phenoxy) is 1. The van der Waals surface area contributed by atoms with Crippen LogP contribution in [0.25, 0.3) is 11.6 Å². The van der Waals surface area contributed by atoms with Gasteiger partial charge in [0.05, 0.1) is 12.6 Å². The molecule has 0 radical (unpaired) electrons. The van der Waals surface area contributed by atoms with Gasteiger partial charge < -0.3 is 24.5 Å². The summed E-state index contributed by atoms with van der Waals surface area (Å²) in [5.41, 5.74) is 0.953. The highest BCUT2D eigenvalue weighted by Gasteiger charge is 2.37. The number of pyridine rings is 1. The van der Waals surface area contributed by atoms with Crippen LogP contribution >= 0.6 is 11.3 Å². The summed E-state index contributed by atoms with van der Waals surface area (Å²) in [6, 6.07) is 12.3. The molecule has 2 N–H and O–H groups in total. The Morgan fingerprint density at radius 3 is 2.67 bits per heavy atom. The number of nitrogens with zero attached hydrogens (tertiary/aromatic N) is 6. The maximum absolute atomic E-state index is 14.0. The van der Waals surface area contributed by atoms with Crippen LogP contribution in [0, 0.1) is 6.92 Å². The van der Waals surface area contributed by atoms with E-state index in [2.05, 4.69) is 25.5 Å². The molecule has 14 heteroatoms. The summed E-state index contributed by atoms with van der Waals surface area (Å²) in [7, 11) is 0. The minimum absolute atomic E-state index is 0.0214. The molecule has 0 unspecified atom stereocenters. The van der Waals surface area contributed by atoms with Crippen molar-refractivity contribution in [2.24, 2.45) is 0 Å². The Morgan fingerprint density at radius 1 is 1.16 bits per heavy atom. The Kier molecular flexibility index (Phi) is 7.52. The lowest BCUT2D eigenvalue weighted by atomic mass is 9.93. The van der Waals surface area contributed by atoms with Crippen LogP contribution in [0.3, 0.4) is 0 Å². The van der Waals surface area contributed by atoms with E-state index in [1.165, 1.54) is 16.2 Å². The summed E-state index contributed by atoms with van der Waals surface area (Å²) in [5.74, 6) is -0.0414. The molecule has 0 spiro atoms. The maximum atomic E-state index is 14.0. The number of carbonyl (C=O) groups is 3. The van der Waals surface area contributed by atoms with Crippen molar-refractivity contribution < 1.29 is 28.6 Å². The highest BCUT2D eigenvalue weighted by atomic mass is 32.1. The van der Waals surface area contributed by atoms with E-state index in [4.69, 9.17) is 9.15 Å². The second-order valence-electron chi connectivity index (χ2n) is 10.7. The first kappa shape index (κ1) is 28.3. The highest BCUT2D eigenvalue weighted by Crippen LogP contribution is 2.36. The topological polar surface area (TPSA) is 164 Å². The minimum atomic E-state index is -1.26. The fraction of sp³-hybridized carbons (Fsp3) is 0.345. The van der Waals surface area contributed by atoms with Gasteiger partial charge in [-0.1, -0.05) is 30.3 Å². The molecule has 3 amide bonds. The molecule has 43 heavy (non-hydrogen) atoms. The van der Waals surface area contributed by atoms with Crippen molar-refractivity contribution in [3.63, 3.8) is 0 Å². The molecule has 2 atom stereocenters. The normalized spacial score (nSPS) is 18.0. The van der Waals surface area contributed by atoms with Gasteiger partial charge in [-0.2, -0.15) is 0 Å². The standard InChI is InChI=1S/C29H29N7O6S/c1-17-16-43-24(30-17)21-9-6-10-35(21)25(37)19-13-20(31-22(14-19)36-11-12-41-28(36)40)23-33-34-26(42-23)29(2,32-27(38)39)15-18-7-4-3-5-8-18/h3-5,7-8,13-14,16,21,32H,6,9-12,15H2,1-2H3,(H,38,39)/t21-,29-/m1/s1. The largest absolute Gasteiger partial charge is 0.465 e. The number of hydrogen-bond acceptors (Lipinski definition) is 10. The molecule has 1 aromatic carbocycles. The summed E-state index contributed by atoms with van der Waals surface area (Å²) in [6.45, 7) is 4.59. The van der Waals surface area contributed by atoms with Crippen LogP contribution in [0.2, 0.25) is 0 Å². The smallest absolute Gasteiger partial charge is 0.415 e. The van der Waals surface area contributed by atoms with Crippen molar-refractivity contribution in [2.75, 3.05) is 24.6 Å². The van der Waals surface area contributed by atoms with E-state index in [-0.39, 0.29) is 60.4 Å². The fourth-order valence-electron chi connectivity index (χ4n) is 5.41. The monoisotopic (exact) mass is 603 g/mol. The molecule has 0 aliphatic carbocycles. The molecule has 0 saturated carbocycles. The molecule has 2 aliphatic heterocycles. The summed E-state index contributed by atoms with van der Waals surface area (Å²) in [5, 5.41) is 23.3. The van der Waals surface area contributed by atoms with E-state index in [9.17, 15) is 19.5 Å². The van der Waals surface area contributed by atoms with Gasteiger partial charge in [-0.25, -0.2) is 19.6 Å². The lowest BCUT2D eigenvalue weighted by Gasteiger charge is -2.25. The van der Waals surface area contributed by atoms with Gasteiger partial charge in [-0.05, 0) is 44.4 Å². The zero-order chi connectivity index (χ0) is 30.1. The molecule has 6 rings (SSSR count). The lowest BCUT2D eigenvalue weighted by Crippen LogP contribution is -2.44. The van der Waals surface area contributed by atoms with Crippen molar-refractivity contribution in [3.8, 4) is 11.6 Å². The van der Waals surface area contributed by atoms with E-state index in [0.29, 0.717) is 6.54 Å². The Morgan fingerprint density at radius 2 is 1.98 bits per heavy atom. The lowest BCUT2D eigenvalue weighted by molar-refractivity contribution is 0.0735. The third-order valence-electron chi connectivity index (χ3n) is 7.43. The second-order valence-corrected chi connectivity index (χ2v) is 11.6. The minimum Gasteiger partial charge on any atom is -0.465 e. The molecule has 3 aromatic heterocycles. The van der Waals surface area contributed by atoms with Crippen LogP contribution in [-0.4, -0.2) is 68.0 Å². The predicted octanol–water partition coefficient (Wildman–Crippen LogP) is 4.56. The zero-order valence-electron chi connectivity index (χ0n) is 23.5. The van der Waals surface area contributed by atoms with Crippen LogP contribution in [-0.2, 0) is 16.7 Å². The van der Waals surface area contributed by atoms with Crippen LogP contribution in [0.1, 0.15) is 58.3 Å². The summed E-state index contributed by atoms with van der Waals surface area (Å²) < 4.78 is 11.1. The number of aromatic nitrogens is 4. The number of amides is 3. The number of carboxylic acid groups (broad SMARTS) is 1. The third kappa shape index (κ3) is 5.78. The van der Waals surface area contributed by atoms with Gasteiger partial charge in [-0.15, -0.1) is 21.5 Å². The number of hydrogen-bond donors (Lipinski definition) is 2. The average molecular weight is 604 g/mol. The van der Waals surface area contributed by atoms with Gasteiger partial charge in [0.15, 0.2) is 0 Å². The fourth-order valence-corrected chi connectivity index (χ4v) is 6.35. The van der Waals surface area contributed by atoms with E-state index in [1.54, 1.807) is 24.0 Å². The van der Waals surface area contributed by atoms with Gasteiger partial charge >= 0.3 is 12.2 Å². The van der Waals surface area contributed by atoms with Crippen LogP contribution < -0.4 is 10.2 Å². The van der Waals surface area contributed by atoms with Crippen molar-refractivity contribution >= 4 is 35.2 Å². The number of thiazole rings is 1. The van der Waals surface area contributed by atoms with Crippen molar-refractivity contribution in [2.45, 2.75) is 44.7 Å². The van der Waals surface area contributed by atoms with Crippen LogP contribution in [0.4, 0.5) is 15.4 Å². The third-order valence-corrected chi connectivity index (χ3v) is 8.49. The SMILES string of the molecule is Cc1csc([C@H]2CCCN2C(=O)c2cc(-c3nnc([C@@](C)(Cc4ccccc4)NC(=O)O)o3)nc(N3CCOC3=O)c2)n1. The second kappa shape index (κ2) is 11.4. The summed E-state index contributed by atoms with van der Waals surface area (Å²) in [6.07, 6.45) is 0.0421. The number of anilines is 1. The predicted molar refractivity (Wildman–Crippen MR) is 155 cm³/mol. The molecule has 222 valence electrons. The van der Waals surface area contributed by atoms with Gasteiger partial charge in [0, 0.05) is 29.6 Å². The first-order valence-electron chi connectivity index (χ1n) is 13.8. The summed E-state index contributed by atoms with van der Waals surface area (Å²) >= 11 is 1.53. The van der Waals surface area contributed by atoms with Crippen molar-refractivity contribution in [3.05, 3.63) is 75.6 Å². The zero-order valence-corrected chi connectivity index (χ0v) is 24.3. The van der Waals surface area contributed by atoms with E-state index < -0.39 is 17.7 Å². The van der Waals surface area contributed by atoms with E-state index in [0.717, 1.165) is 29.1 Å². The van der Waals surface area contributed by atoms with Gasteiger partial charge in [-0.3, -0.25) is 9.69 Å². The molecule has 2 aliphatic rings. The first-order chi connectivity index (χ1) is 20.7. The number of carbonyl (C=O) groups excluding carboxylic acids is 2.